The summed E-state index contributed by atoms with van der Waals surface area (Å²) in [6, 6.07) is 8.31. The fourth-order valence-corrected chi connectivity index (χ4v) is 3.73. The van der Waals surface area contributed by atoms with Gasteiger partial charge < -0.3 is 15.4 Å². The summed E-state index contributed by atoms with van der Waals surface area (Å²) in [6.45, 7) is 3.20. The Morgan fingerprint density at radius 1 is 1.43 bits per heavy atom. The summed E-state index contributed by atoms with van der Waals surface area (Å²) >= 11 is 1.44. The van der Waals surface area contributed by atoms with Crippen LogP contribution in [-0.4, -0.2) is 35.5 Å². The molecule has 2 N–H and O–H groups in total. The lowest BCUT2D eigenvalue weighted by Crippen LogP contribution is -2.34. The van der Waals surface area contributed by atoms with Crippen molar-refractivity contribution < 1.29 is 9.53 Å². The molecule has 2 heterocycles. The van der Waals surface area contributed by atoms with Crippen LogP contribution < -0.4 is 10.5 Å². The second-order valence-electron chi connectivity index (χ2n) is 5.84. The fourth-order valence-electron chi connectivity index (χ4n) is 3.08. The number of aromatic nitrogens is 1. The van der Waals surface area contributed by atoms with Crippen LogP contribution in [0.25, 0.3) is 0 Å². The molecular weight excluding hydrogens is 310 g/mol. The van der Waals surface area contributed by atoms with E-state index in [-0.39, 0.29) is 11.9 Å². The van der Waals surface area contributed by atoms with Crippen LogP contribution in [0.3, 0.4) is 0 Å². The molecular formula is C17H21N3O2S. The summed E-state index contributed by atoms with van der Waals surface area (Å²) in [6.07, 6.45) is 0.964. The molecule has 2 aromatic rings. The molecule has 0 spiro atoms. The number of likely N-dealkylation sites (tertiary alicyclic amines) is 1. The van der Waals surface area contributed by atoms with Gasteiger partial charge in [-0.25, -0.2) is 4.98 Å². The van der Waals surface area contributed by atoms with E-state index in [1.54, 1.807) is 12.5 Å². The van der Waals surface area contributed by atoms with Crippen molar-refractivity contribution in [3.63, 3.8) is 0 Å². The van der Waals surface area contributed by atoms with Gasteiger partial charge in [0.2, 0.25) is 0 Å². The van der Waals surface area contributed by atoms with Gasteiger partial charge in [-0.1, -0.05) is 12.1 Å². The Labute approximate surface area is 140 Å². The summed E-state index contributed by atoms with van der Waals surface area (Å²) in [5.74, 6) is 1.21. The number of nitrogens with zero attached hydrogens (tertiary/aromatic N) is 2. The SMILES string of the molecule is COc1ccc([C@H]2C[C@@H](C)N(C(=O)c3csc(CN)n3)C2)cc1. The summed E-state index contributed by atoms with van der Waals surface area (Å²) in [4.78, 5) is 18.9. The third-order valence-electron chi connectivity index (χ3n) is 4.37. The number of amides is 1. The van der Waals surface area contributed by atoms with Crippen molar-refractivity contribution >= 4 is 17.2 Å². The van der Waals surface area contributed by atoms with Crippen molar-refractivity contribution in [1.82, 2.24) is 9.88 Å². The highest BCUT2D eigenvalue weighted by molar-refractivity contribution is 7.09. The molecule has 1 saturated heterocycles. The summed E-state index contributed by atoms with van der Waals surface area (Å²) in [7, 11) is 1.66. The van der Waals surface area contributed by atoms with E-state index >= 15 is 0 Å². The van der Waals surface area contributed by atoms with Gasteiger partial charge in [-0.15, -0.1) is 11.3 Å². The number of carbonyl (C=O) groups is 1. The van der Waals surface area contributed by atoms with Gasteiger partial charge in [-0.05, 0) is 31.0 Å². The van der Waals surface area contributed by atoms with E-state index in [0.717, 1.165) is 23.7 Å². The average Bonchev–Trinajstić information content (AvgIpc) is 3.21. The van der Waals surface area contributed by atoms with Crippen molar-refractivity contribution in [2.24, 2.45) is 5.73 Å². The van der Waals surface area contributed by atoms with Crippen LogP contribution >= 0.6 is 11.3 Å². The molecule has 0 radical (unpaired) electrons. The number of thiazole rings is 1. The number of hydrogen-bond donors (Lipinski definition) is 1. The smallest absolute Gasteiger partial charge is 0.273 e. The van der Waals surface area contributed by atoms with E-state index in [0.29, 0.717) is 18.2 Å². The van der Waals surface area contributed by atoms with E-state index in [1.165, 1.54) is 16.9 Å². The van der Waals surface area contributed by atoms with Gasteiger partial charge in [0.1, 0.15) is 16.5 Å². The lowest BCUT2D eigenvalue weighted by molar-refractivity contribution is 0.0740. The first kappa shape index (κ1) is 16.0. The predicted molar refractivity (Wildman–Crippen MR) is 90.9 cm³/mol. The molecule has 0 saturated carbocycles. The van der Waals surface area contributed by atoms with E-state index in [1.807, 2.05) is 17.0 Å². The minimum atomic E-state index is 0.00413. The molecule has 6 heteroatoms. The Bertz CT molecular complexity index is 683. The highest BCUT2D eigenvalue weighted by Gasteiger charge is 2.34. The van der Waals surface area contributed by atoms with Crippen LogP contribution in [0.4, 0.5) is 0 Å². The van der Waals surface area contributed by atoms with E-state index in [9.17, 15) is 4.79 Å². The van der Waals surface area contributed by atoms with E-state index < -0.39 is 0 Å². The molecule has 0 aliphatic carbocycles. The summed E-state index contributed by atoms with van der Waals surface area (Å²) in [5, 5.41) is 2.60. The largest absolute Gasteiger partial charge is 0.497 e. The number of benzene rings is 1. The highest BCUT2D eigenvalue weighted by atomic mass is 32.1. The normalized spacial score (nSPS) is 20.7. The molecule has 0 bridgehead atoms. The Balaban J connectivity index is 1.73. The molecule has 0 unspecified atom stereocenters. The van der Waals surface area contributed by atoms with Crippen molar-refractivity contribution in [2.75, 3.05) is 13.7 Å². The molecule has 122 valence electrons. The Morgan fingerprint density at radius 2 is 2.17 bits per heavy atom. The van der Waals surface area contributed by atoms with Crippen LogP contribution in [0.1, 0.15) is 40.3 Å². The lowest BCUT2D eigenvalue weighted by Gasteiger charge is -2.20. The van der Waals surface area contributed by atoms with E-state index in [4.69, 9.17) is 10.5 Å². The second kappa shape index (κ2) is 6.68. The van der Waals surface area contributed by atoms with Crippen LogP contribution in [0.5, 0.6) is 5.75 Å². The first-order valence-electron chi connectivity index (χ1n) is 7.71. The fraction of sp³-hybridized carbons (Fsp3) is 0.412. The maximum absolute atomic E-state index is 12.7. The standard InChI is InChI=1S/C17H21N3O2S/c1-11-7-13(12-3-5-14(22-2)6-4-12)9-20(11)17(21)15-10-23-16(8-18)19-15/h3-6,10-11,13H,7-9,18H2,1-2H3/t11-,13+/m1/s1. The van der Waals surface area contributed by atoms with Crippen molar-refractivity contribution in [2.45, 2.75) is 31.8 Å². The molecule has 3 rings (SSSR count). The molecule has 1 fully saturated rings. The third-order valence-corrected chi connectivity index (χ3v) is 5.24. The lowest BCUT2D eigenvalue weighted by atomic mass is 9.97. The van der Waals surface area contributed by atoms with Crippen LogP contribution in [0, 0.1) is 0 Å². The Hall–Kier alpha value is -1.92. The minimum Gasteiger partial charge on any atom is -0.497 e. The van der Waals surface area contributed by atoms with Crippen LogP contribution in [0.2, 0.25) is 0 Å². The predicted octanol–water partition coefficient (Wildman–Crippen LogP) is 2.63. The van der Waals surface area contributed by atoms with Gasteiger partial charge >= 0.3 is 0 Å². The van der Waals surface area contributed by atoms with Gasteiger partial charge in [-0.3, -0.25) is 4.79 Å². The van der Waals surface area contributed by atoms with Crippen molar-refractivity contribution in [3.8, 4) is 5.75 Å². The molecule has 1 amide bonds. The molecule has 1 aromatic carbocycles. The molecule has 23 heavy (non-hydrogen) atoms. The quantitative estimate of drug-likeness (QED) is 0.935. The number of hydrogen-bond acceptors (Lipinski definition) is 5. The number of rotatable bonds is 4. The number of nitrogens with two attached hydrogens (primary N) is 1. The van der Waals surface area contributed by atoms with Crippen molar-refractivity contribution in [1.29, 1.82) is 0 Å². The number of carbonyl (C=O) groups excluding carboxylic acids is 1. The highest BCUT2D eigenvalue weighted by Crippen LogP contribution is 2.33. The van der Waals surface area contributed by atoms with Gasteiger partial charge in [-0.2, -0.15) is 0 Å². The summed E-state index contributed by atoms with van der Waals surface area (Å²) < 4.78 is 5.20. The zero-order valence-corrected chi connectivity index (χ0v) is 14.2. The first-order valence-corrected chi connectivity index (χ1v) is 8.59. The zero-order chi connectivity index (χ0) is 16.4. The van der Waals surface area contributed by atoms with Gasteiger partial charge in [0.15, 0.2) is 0 Å². The second-order valence-corrected chi connectivity index (χ2v) is 6.79. The monoisotopic (exact) mass is 331 g/mol. The van der Waals surface area contributed by atoms with Crippen molar-refractivity contribution in [3.05, 3.63) is 45.9 Å². The maximum Gasteiger partial charge on any atom is 0.273 e. The van der Waals surface area contributed by atoms with Crippen LogP contribution in [-0.2, 0) is 6.54 Å². The molecule has 2 atom stereocenters. The summed E-state index contributed by atoms with van der Waals surface area (Å²) in [5.41, 5.74) is 7.33. The average molecular weight is 331 g/mol. The van der Waals surface area contributed by atoms with Gasteiger partial charge in [0, 0.05) is 30.4 Å². The van der Waals surface area contributed by atoms with Gasteiger partial charge in [0.25, 0.3) is 5.91 Å². The Kier molecular flexibility index (Phi) is 4.63. The first-order chi connectivity index (χ1) is 11.1. The molecule has 1 aliphatic heterocycles. The van der Waals surface area contributed by atoms with Crippen LogP contribution in [0.15, 0.2) is 29.6 Å². The number of methoxy groups -OCH3 is 1. The topological polar surface area (TPSA) is 68.5 Å². The maximum atomic E-state index is 12.7. The van der Waals surface area contributed by atoms with E-state index in [2.05, 4.69) is 24.0 Å². The minimum absolute atomic E-state index is 0.00413. The Morgan fingerprint density at radius 3 is 2.78 bits per heavy atom. The molecule has 1 aromatic heterocycles. The number of ether oxygens (including phenoxy) is 1. The zero-order valence-electron chi connectivity index (χ0n) is 13.4. The third kappa shape index (κ3) is 3.23. The van der Waals surface area contributed by atoms with Gasteiger partial charge in [0.05, 0.1) is 7.11 Å². The molecule has 1 aliphatic rings. The molecule has 5 nitrogen and oxygen atoms in total.